The summed E-state index contributed by atoms with van der Waals surface area (Å²) in [6.07, 6.45) is 0.946. The van der Waals surface area contributed by atoms with Crippen LogP contribution in [0.5, 0.6) is 0 Å². The standard InChI is InChI=1S/C12H14O3/c1-10(7-8-13)12(14)15-9-11-5-3-2-4-6-11/h2-6,8,10H,7,9H2,1H3/t10-/m1/s1. The minimum atomic E-state index is -0.355. The van der Waals surface area contributed by atoms with E-state index < -0.39 is 0 Å². The van der Waals surface area contributed by atoms with E-state index in [0.717, 1.165) is 11.8 Å². The van der Waals surface area contributed by atoms with Crippen LogP contribution in [0.3, 0.4) is 0 Å². The first kappa shape index (κ1) is 11.4. The van der Waals surface area contributed by atoms with Crippen molar-refractivity contribution in [2.75, 3.05) is 0 Å². The molecule has 1 rings (SSSR count). The van der Waals surface area contributed by atoms with E-state index >= 15 is 0 Å². The number of aldehydes is 1. The second kappa shape index (κ2) is 5.96. The highest BCUT2D eigenvalue weighted by Crippen LogP contribution is 2.06. The number of carbonyl (C=O) groups excluding carboxylic acids is 2. The lowest BCUT2D eigenvalue weighted by molar-refractivity contribution is -0.150. The predicted molar refractivity (Wildman–Crippen MR) is 56.1 cm³/mol. The normalized spacial score (nSPS) is 11.8. The van der Waals surface area contributed by atoms with Gasteiger partial charge in [0, 0.05) is 6.42 Å². The topological polar surface area (TPSA) is 43.4 Å². The highest BCUT2D eigenvalue weighted by molar-refractivity contribution is 5.75. The van der Waals surface area contributed by atoms with Gasteiger partial charge in [-0.25, -0.2) is 0 Å². The van der Waals surface area contributed by atoms with Crippen LogP contribution in [0, 0.1) is 5.92 Å². The van der Waals surface area contributed by atoms with E-state index in [1.807, 2.05) is 30.3 Å². The third-order valence-electron chi connectivity index (χ3n) is 2.08. The van der Waals surface area contributed by atoms with Crippen molar-refractivity contribution in [3.8, 4) is 0 Å². The Morgan fingerprint density at radius 3 is 2.67 bits per heavy atom. The summed E-state index contributed by atoms with van der Waals surface area (Å²) in [6.45, 7) is 1.95. The van der Waals surface area contributed by atoms with Crippen LogP contribution in [0.4, 0.5) is 0 Å². The molecule has 0 bridgehead atoms. The van der Waals surface area contributed by atoms with Crippen LogP contribution in [0.2, 0.25) is 0 Å². The lowest BCUT2D eigenvalue weighted by atomic mass is 10.1. The van der Waals surface area contributed by atoms with Crippen molar-refractivity contribution in [3.05, 3.63) is 35.9 Å². The number of hydrogen-bond acceptors (Lipinski definition) is 3. The molecule has 1 atom stereocenters. The van der Waals surface area contributed by atoms with E-state index in [-0.39, 0.29) is 24.9 Å². The summed E-state index contributed by atoms with van der Waals surface area (Å²) < 4.78 is 5.04. The number of hydrogen-bond donors (Lipinski definition) is 0. The molecule has 0 amide bonds. The molecule has 0 aliphatic heterocycles. The summed E-state index contributed by atoms with van der Waals surface area (Å²) in [5, 5.41) is 0. The van der Waals surface area contributed by atoms with E-state index in [1.54, 1.807) is 6.92 Å². The van der Waals surface area contributed by atoms with Crippen molar-refractivity contribution < 1.29 is 14.3 Å². The smallest absolute Gasteiger partial charge is 0.309 e. The Labute approximate surface area is 89.1 Å². The van der Waals surface area contributed by atoms with Crippen molar-refractivity contribution in [2.45, 2.75) is 20.0 Å². The van der Waals surface area contributed by atoms with Crippen molar-refractivity contribution in [1.82, 2.24) is 0 Å². The van der Waals surface area contributed by atoms with Crippen LogP contribution in [-0.2, 0) is 20.9 Å². The van der Waals surface area contributed by atoms with Gasteiger partial charge in [-0.1, -0.05) is 37.3 Å². The fraction of sp³-hybridized carbons (Fsp3) is 0.333. The first-order valence-corrected chi connectivity index (χ1v) is 4.88. The molecule has 0 aliphatic rings. The number of rotatable bonds is 5. The summed E-state index contributed by atoms with van der Waals surface area (Å²) in [5.74, 6) is -0.683. The van der Waals surface area contributed by atoms with Crippen LogP contribution in [0.1, 0.15) is 18.9 Å². The van der Waals surface area contributed by atoms with Crippen molar-refractivity contribution >= 4 is 12.3 Å². The molecular formula is C12H14O3. The molecular weight excluding hydrogens is 192 g/mol. The second-order valence-corrected chi connectivity index (χ2v) is 3.40. The molecule has 3 heteroatoms. The van der Waals surface area contributed by atoms with E-state index in [1.165, 1.54) is 0 Å². The maximum atomic E-state index is 11.3. The maximum absolute atomic E-state index is 11.3. The van der Waals surface area contributed by atoms with Gasteiger partial charge in [0.2, 0.25) is 0 Å². The fourth-order valence-corrected chi connectivity index (χ4v) is 1.11. The molecule has 80 valence electrons. The van der Waals surface area contributed by atoms with Gasteiger partial charge in [-0.15, -0.1) is 0 Å². The molecule has 0 aliphatic carbocycles. The first-order chi connectivity index (χ1) is 7.24. The van der Waals surface area contributed by atoms with Crippen molar-refractivity contribution in [1.29, 1.82) is 0 Å². The quantitative estimate of drug-likeness (QED) is 0.546. The molecule has 1 aromatic rings. The molecule has 0 unspecified atom stereocenters. The first-order valence-electron chi connectivity index (χ1n) is 4.88. The average molecular weight is 206 g/mol. The van der Waals surface area contributed by atoms with E-state index in [9.17, 15) is 9.59 Å². The van der Waals surface area contributed by atoms with Gasteiger partial charge in [0.25, 0.3) is 0 Å². The van der Waals surface area contributed by atoms with Gasteiger partial charge in [-0.05, 0) is 5.56 Å². The molecule has 0 radical (unpaired) electrons. The lowest BCUT2D eigenvalue weighted by Crippen LogP contribution is -2.14. The summed E-state index contributed by atoms with van der Waals surface area (Å²) in [6, 6.07) is 9.45. The van der Waals surface area contributed by atoms with Crippen LogP contribution < -0.4 is 0 Å². The second-order valence-electron chi connectivity index (χ2n) is 3.40. The minimum Gasteiger partial charge on any atom is -0.461 e. The number of benzene rings is 1. The Hall–Kier alpha value is -1.64. The summed E-state index contributed by atoms with van der Waals surface area (Å²) in [4.78, 5) is 21.5. The highest BCUT2D eigenvalue weighted by Gasteiger charge is 2.13. The SMILES string of the molecule is C[C@H](CC=O)C(=O)OCc1ccccc1. The van der Waals surface area contributed by atoms with Crippen molar-refractivity contribution in [2.24, 2.45) is 5.92 Å². The molecule has 3 nitrogen and oxygen atoms in total. The van der Waals surface area contributed by atoms with Gasteiger partial charge < -0.3 is 9.53 Å². The molecule has 0 saturated carbocycles. The van der Waals surface area contributed by atoms with Gasteiger partial charge >= 0.3 is 5.97 Å². The minimum absolute atomic E-state index is 0.216. The Morgan fingerprint density at radius 2 is 2.07 bits per heavy atom. The van der Waals surface area contributed by atoms with Gasteiger partial charge in [-0.2, -0.15) is 0 Å². The van der Waals surface area contributed by atoms with Gasteiger partial charge in [-0.3, -0.25) is 4.79 Å². The maximum Gasteiger partial charge on any atom is 0.309 e. The van der Waals surface area contributed by atoms with E-state index in [4.69, 9.17) is 4.74 Å². The van der Waals surface area contributed by atoms with Gasteiger partial charge in [0.15, 0.2) is 0 Å². The Bertz CT molecular complexity index is 319. The molecule has 0 fully saturated rings. The largest absolute Gasteiger partial charge is 0.461 e. The number of ether oxygens (including phenoxy) is 1. The summed E-state index contributed by atoms with van der Waals surface area (Å²) in [5.41, 5.74) is 0.948. The highest BCUT2D eigenvalue weighted by atomic mass is 16.5. The van der Waals surface area contributed by atoms with Crippen LogP contribution in [-0.4, -0.2) is 12.3 Å². The summed E-state index contributed by atoms with van der Waals surface area (Å²) >= 11 is 0. The third-order valence-corrected chi connectivity index (χ3v) is 2.08. The molecule has 0 heterocycles. The predicted octanol–water partition coefficient (Wildman–Crippen LogP) is 1.95. The van der Waals surface area contributed by atoms with Crippen LogP contribution in [0.25, 0.3) is 0 Å². The zero-order valence-electron chi connectivity index (χ0n) is 8.68. The molecule has 0 spiro atoms. The molecule has 15 heavy (non-hydrogen) atoms. The molecule has 1 aromatic carbocycles. The van der Waals surface area contributed by atoms with E-state index in [2.05, 4.69) is 0 Å². The average Bonchev–Trinajstić information content (AvgIpc) is 2.27. The van der Waals surface area contributed by atoms with Crippen LogP contribution >= 0.6 is 0 Å². The van der Waals surface area contributed by atoms with Gasteiger partial charge in [0.05, 0.1) is 5.92 Å². The zero-order valence-corrected chi connectivity index (χ0v) is 8.68. The van der Waals surface area contributed by atoms with E-state index in [0.29, 0.717) is 0 Å². The number of carbonyl (C=O) groups is 2. The summed E-state index contributed by atoms with van der Waals surface area (Å²) in [7, 11) is 0. The third kappa shape index (κ3) is 3.94. The fourth-order valence-electron chi connectivity index (χ4n) is 1.11. The monoisotopic (exact) mass is 206 g/mol. The molecule has 0 N–H and O–H groups in total. The Kier molecular flexibility index (Phi) is 4.54. The van der Waals surface area contributed by atoms with Gasteiger partial charge in [0.1, 0.15) is 12.9 Å². The molecule has 0 aromatic heterocycles. The molecule has 0 saturated heterocycles. The number of esters is 1. The lowest BCUT2D eigenvalue weighted by Gasteiger charge is -2.08. The van der Waals surface area contributed by atoms with Crippen molar-refractivity contribution in [3.63, 3.8) is 0 Å². The zero-order chi connectivity index (χ0) is 11.1. The van der Waals surface area contributed by atoms with Crippen LogP contribution in [0.15, 0.2) is 30.3 Å². The Balaban J connectivity index is 2.37. The Morgan fingerprint density at radius 1 is 1.40 bits per heavy atom.